The Morgan fingerprint density at radius 3 is 2.04 bits per heavy atom. The van der Waals surface area contributed by atoms with Crippen LogP contribution in [-0.4, -0.2) is 51.4 Å². The molecule has 2 fully saturated rings. The summed E-state index contributed by atoms with van der Waals surface area (Å²) < 4.78 is 27.2. The van der Waals surface area contributed by atoms with Crippen LogP contribution >= 0.6 is 0 Å². The lowest BCUT2D eigenvalue weighted by molar-refractivity contribution is -0.890. The highest BCUT2D eigenvalue weighted by Crippen LogP contribution is 2.21. The first kappa shape index (κ1) is 20.3. The molecule has 0 radical (unpaired) electrons. The Balaban J connectivity index is 1.58. The van der Waals surface area contributed by atoms with Crippen molar-refractivity contribution in [2.24, 2.45) is 0 Å². The summed E-state index contributed by atoms with van der Waals surface area (Å²) in [6, 6.07) is 6.60. The molecule has 2 aliphatic heterocycles. The van der Waals surface area contributed by atoms with E-state index in [4.69, 9.17) is 0 Å². The second-order valence-corrected chi connectivity index (χ2v) is 9.67. The molecule has 0 aliphatic carbocycles. The zero-order valence-corrected chi connectivity index (χ0v) is 16.9. The fourth-order valence-corrected chi connectivity index (χ4v) is 5.50. The van der Waals surface area contributed by atoms with Crippen LogP contribution in [-0.2, 0) is 14.8 Å². The predicted molar refractivity (Wildman–Crippen MR) is 106 cm³/mol. The summed E-state index contributed by atoms with van der Waals surface area (Å²) in [6.07, 6.45) is 8.93. The molecule has 1 aromatic carbocycles. The van der Waals surface area contributed by atoms with Gasteiger partial charge in [-0.2, -0.15) is 4.31 Å². The van der Waals surface area contributed by atoms with E-state index in [1.54, 1.807) is 28.6 Å². The number of likely N-dealkylation sites (tertiary alicyclic amines) is 1. The molecule has 2 N–H and O–H groups in total. The van der Waals surface area contributed by atoms with Crippen LogP contribution in [0, 0.1) is 0 Å². The molecule has 2 aliphatic rings. The number of benzene rings is 1. The number of sulfonamides is 1. The van der Waals surface area contributed by atoms with Gasteiger partial charge in [-0.1, -0.05) is 12.8 Å². The van der Waals surface area contributed by atoms with Gasteiger partial charge in [0.25, 0.3) is 5.91 Å². The topological polar surface area (TPSA) is 70.9 Å². The number of carbonyl (C=O) groups excluding carboxylic acids is 1. The Kier molecular flexibility index (Phi) is 7.26. The smallest absolute Gasteiger partial charge is 0.279 e. The van der Waals surface area contributed by atoms with Crippen LogP contribution in [0.4, 0.5) is 5.69 Å². The molecule has 0 spiro atoms. The highest BCUT2D eigenvalue weighted by atomic mass is 32.2. The minimum atomic E-state index is -3.44. The van der Waals surface area contributed by atoms with Gasteiger partial charge < -0.3 is 10.2 Å². The third-order valence-corrected chi connectivity index (χ3v) is 7.47. The molecule has 0 unspecified atom stereocenters. The molecule has 0 aromatic heterocycles. The standard InChI is InChI=1S/C20H31N3O3S/c24-20(17-22-13-5-1-2-6-14-22)21-18-9-11-19(12-10-18)27(25,26)23-15-7-3-4-8-16-23/h9-12H,1-8,13-17H2,(H,21,24)/p+1. The number of amides is 1. The van der Waals surface area contributed by atoms with E-state index in [-0.39, 0.29) is 5.91 Å². The van der Waals surface area contributed by atoms with Gasteiger partial charge in [-0.3, -0.25) is 4.79 Å². The van der Waals surface area contributed by atoms with Gasteiger partial charge in [-0.25, -0.2) is 8.42 Å². The maximum Gasteiger partial charge on any atom is 0.279 e. The Morgan fingerprint density at radius 1 is 0.889 bits per heavy atom. The first-order valence-electron chi connectivity index (χ1n) is 10.3. The zero-order valence-electron chi connectivity index (χ0n) is 16.1. The second kappa shape index (κ2) is 9.66. The van der Waals surface area contributed by atoms with E-state index >= 15 is 0 Å². The van der Waals surface area contributed by atoms with E-state index in [9.17, 15) is 13.2 Å². The van der Waals surface area contributed by atoms with Crippen LogP contribution in [0.1, 0.15) is 51.4 Å². The van der Waals surface area contributed by atoms with Crippen molar-refractivity contribution in [2.45, 2.75) is 56.3 Å². The lowest BCUT2D eigenvalue weighted by Gasteiger charge is -2.20. The van der Waals surface area contributed by atoms with Gasteiger partial charge in [0, 0.05) is 18.8 Å². The number of rotatable bonds is 5. The van der Waals surface area contributed by atoms with Gasteiger partial charge in [-0.15, -0.1) is 0 Å². The first-order valence-corrected chi connectivity index (χ1v) is 11.7. The minimum absolute atomic E-state index is 0.00461. The molecule has 0 saturated carbocycles. The molecule has 3 rings (SSSR count). The predicted octanol–water partition coefficient (Wildman–Crippen LogP) is 1.65. The number of hydrogen-bond acceptors (Lipinski definition) is 3. The van der Waals surface area contributed by atoms with Crippen molar-refractivity contribution in [3.05, 3.63) is 24.3 Å². The van der Waals surface area contributed by atoms with Gasteiger partial charge in [0.1, 0.15) is 0 Å². The Bertz CT molecular complexity index is 702. The van der Waals surface area contributed by atoms with Crippen LogP contribution in [0.5, 0.6) is 0 Å². The Morgan fingerprint density at radius 2 is 1.44 bits per heavy atom. The number of hydrogen-bond donors (Lipinski definition) is 2. The summed E-state index contributed by atoms with van der Waals surface area (Å²) in [7, 11) is -3.44. The lowest BCUT2D eigenvalue weighted by atomic mass is 10.2. The summed E-state index contributed by atoms with van der Waals surface area (Å²) >= 11 is 0. The number of nitrogens with one attached hydrogen (secondary N) is 2. The molecule has 150 valence electrons. The largest absolute Gasteiger partial charge is 0.327 e. The third kappa shape index (κ3) is 5.77. The summed E-state index contributed by atoms with van der Waals surface area (Å²) in [5.74, 6) is -0.00461. The van der Waals surface area contributed by atoms with E-state index in [0.29, 0.717) is 30.2 Å². The van der Waals surface area contributed by atoms with Crippen LogP contribution in [0.15, 0.2) is 29.2 Å². The molecule has 2 saturated heterocycles. The van der Waals surface area contributed by atoms with Crippen LogP contribution in [0.25, 0.3) is 0 Å². The monoisotopic (exact) mass is 394 g/mol. The fraction of sp³-hybridized carbons (Fsp3) is 0.650. The normalized spacial score (nSPS) is 20.6. The van der Waals surface area contributed by atoms with E-state index < -0.39 is 10.0 Å². The average molecular weight is 395 g/mol. The molecule has 27 heavy (non-hydrogen) atoms. The summed E-state index contributed by atoms with van der Waals surface area (Å²) in [5.41, 5.74) is 0.657. The van der Waals surface area contributed by atoms with Crippen molar-refractivity contribution in [2.75, 3.05) is 38.0 Å². The van der Waals surface area contributed by atoms with Crippen molar-refractivity contribution in [3.63, 3.8) is 0 Å². The molecule has 0 atom stereocenters. The van der Waals surface area contributed by atoms with Crippen molar-refractivity contribution in [1.82, 2.24) is 4.31 Å². The number of anilines is 1. The molecule has 2 heterocycles. The van der Waals surface area contributed by atoms with Crippen LogP contribution in [0.3, 0.4) is 0 Å². The Labute approximate surface area is 163 Å². The number of nitrogens with zero attached hydrogens (tertiary/aromatic N) is 1. The highest BCUT2D eigenvalue weighted by molar-refractivity contribution is 7.89. The van der Waals surface area contributed by atoms with E-state index in [1.807, 2.05) is 0 Å². The molecule has 1 aromatic rings. The van der Waals surface area contributed by atoms with Gasteiger partial charge in [-0.05, 0) is 62.8 Å². The lowest BCUT2D eigenvalue weighted by Crippen LogP contribution is -3.12. The molecule has 0 bridgehead atoms. The van der Waals surface area contributed by atoms with E-state index in [0.717, 1.165) is 38.8 Å². The summed E-state index contributed by atoms with van der Waals surface area (Å²) in [4.78, 5) is 13.9. The Hall–Kier alpha value is -1.44. The van der Waals surface area contributed by atoms with Gasteiger partial charge >= 0.3 is 0 Å². The quantitative estimate of drug-likeness (QED) is 0.798. The average Bonchev–Trinajstić information content (AvgIpc) is 3.07. The molecule has 7 heteroatoms. The van der Waals surface area contributed by atoms with Crippen LogP contribution in [0.2, 0.25) is 0 Å². The third-order valence-electron chi connectivity index (χ3n) is 5.56. The maximum absolute atomic E-state index is 12.8. The second-order valence-electron chi connectivity index (χ2n) is 7.73. The molecule has 6 nitrogen and oxygen atoms in total. The fourth-order valence-electron chi connectivity index (χ4n) is 3.98. The maximum atomic E-state index is 12.8. The first-order chi connectivity index (χ1) is 13.1. The molecule has 1 amide bonds. The van der Waals surface area contributed by atoms with Crippen LogP contribution < -0.4 is 10.2 Å². The van der Waals surface area contributed by atoms with Crippen molar-refractivity contribution in [3.8, 4) is 0 Å². The van der Waals surface area contributed by atoms with Gasteiger partial charge in [0.05, 0.1) is 18.0 Å². The van der Waals surface area contributed by atoms with E-state index in [1.165, 1.54) is 30.6 Å². The van der Waals surface area contributed by atoms with E-state index in [2.05, 4.69) is 5.32 Å². The number of carbonyl (C=O) groups is 1. The highest BCUT2D eigenvalue weighted by Gasteiger charge is 2.25. The minimum Gasteiger partial charge on any atom is -0.327 e. The summed E-state index contributed by atoms with van der Waals surface area (Å²) in [5, 5.41) is 2.91. The summed E-state index contributed by atoms with van der Waals surface area (Å²) in [6.45, 7) is 3.79. The zero-order chi connectivity index (χ0) is 19.1. The van der Waals surface area contributed by atoms with Crippen molar-refractivity contribution in [1.29, 1.82) is 0 Å². The SMILES string of the molecule is O=C(C[NH+]1CCCCCC1)Nc1ccc(S(=O)(=O)N2CCCCCC2)cc1. The molecular weight excluding hydrogens is 362 g/mol. The van der Waals surface area contributed by atoms with Crippen molar-refractivity contribution >= 4 is 21.6 Å². The van der Waals surface area contributed by atoms with Crippen molar-refractivity contribution < 1.29 is 18.1 Å². The molecular formula is C20H32N3O3S+. The number of quaternary nitrogens is 1. The van der Waals surface area contributed by atoms with Gasteiger partial charge in [0.2, 0.25) is 10.0 Å². The van der Waals surface area contributed by atoms with Gasteiger partial charge in [0.15, 0.2) is 6.54 Å².